The number of amides is 1. The predicted molar refractivity (Wildman–Crippen MR) is 76.7 cm³/mol. The molecular formula is C16H28N2O. The van der Waals surface area contributed by atoms with Crippen molar-refractivity contribution < 1.29 is 4.79 Å². The molecule has 4 aliphatic rings. The minimum absolute atomic E-state index is 0.354. The first-order valence-corrected chi connectivity index (χ1v) is 8.06. The highest BCUT2D eigenvalue weighted by molar-refractivity contribution is 5.79. The van der Waals surface area contributed by atoms with Gasteiger partial charge < -0.3 is 10.2 Å². The molecular weight excluding hydrogens is 236 g/mol. The van der Waals surface area contributed by atoms with Crippen molar-refractivity contribution in [1.82, 2.24) is 10.2 Å². The van der Waals surface area contributed by atoms with Gasteiger partial charge in [0.1, 0.15) is 0 Å². The molecule has 0 aliphatic heterocycles. The van der Waals surface area contributed by atoms with Gasteiger partial charge in [0, 0.05) is 12.5 Å². The van der Waals surface area contributed by atoms with Crippen LogP contribution < -0.4 is 5.32 Å². The van der Waals surface area contributed by atoms with E-state index in [9.17, 15) is 4.79 Å². The maximum Gasteiger partial charge on any atom is 0.223 e. The van der Waals surface area contributed by atoms with E-state index in [1.54, 1.807) is 0 Å². The highest BCUT2D eigenvalue weighted by Gasteiger charge is 2.50. The Bertz CT molecular complexity index is 312. The summed E-state index contributed by atoms with van der Waals surface area (Å²) < 4.78 is 0. The molecule has 19 heavy (non-hydrogen) atoms. The minimum atomic E-state index is 0.354. The third kappa shape index (κ3) is 2.81. The molecule has 3 nitrogen and oxygen atoms in total. The van der Waals surface area contributed by atoms with Crippen LogP contribution in [0.4, 0.5) is 0 Å². The standard InChI is InChI=1S/C16H28N2O/c1-18(2)5-3-4-17-16(19)15-13-7-11-6-12(9-13)10-14(15)8-11/h11-15H,3-10H2,1-2H3,(H,17,19). The molecule has 3 heteroatoms. The van der Waals surface area contributed by atoms with E-state index in [1.807, 2.05) is 0 Å². The third-order valence-corrected chi connectivity index (χ3v) is 5.61. The number of carbonyl (C=O) groups is 1. The number of nitrogens with zero attached hydrogens (tertiary/aromatic N) is 1. The zero-order valence-electron chi connectivity index (χ0n) is 12.4. The van der Waals surface area contributed by atoms with Crippen LogP contribution in [-0.2, 0) is 4.79 Å². The lowest BCUT2D eigenvalue weighted by molar-refractivity contribution is -0.138. The molecule has 0 heterocycles. The van der Waals surface area contributed by atoms with Crippen molar-refractivity contribution in [3.63, 3.8) is 0 Å². The Labute approximate surface area is 117 Å². The summed E-state index contributed by atoms with van der Waals surface area (Å²) in [7, 11) is 4.17. The summed E-state index contributed by atoms with van der Waals surface area (Å²) in [4.78, 5) is 14.6. The first-order chi connectivity index (χ1) is 9.13. The van der Waals surface area contributed by atoms with Crippen molar-refractivity contribution in [3.8, 4) is 0 Å². The molecule has 4 bridgehead atoms. The van der Waals surface area contributed by atoms with Crippen molar-refractivity contribution in [2.75, 3.05) is 27.2 Å². The topological polar surface area (TPSA) is 32.3 Å². The Morgan fingerprint density at radius 2 is 1.63 bits per heavy atom. The van der Waals surface area contributed by atoms with Gasteiger partial charge in [-0.25, -0.2) is 0 Å². The van der Waals surface area contributed by atoms with E-state index in [0.717, 1.165) is 31.3 Å². The Morgan fingerprint density at radius 3 is 2.16 bits per heavy atom. The van der Waals surface area contributed by atoms with Gasteiger partial charge in [0.2, 0.25) is 5.91 Å². The normalized spacial score (nSPS) is 39.8. The first kappa shape index (κ1) is 13.4. The van der Waals surface area contributed by atoms with Gasteiger partial charge in [0.05, 0.1) is 0 Å². The molecule has 0 radical (unpaired) electrons. The van der Waals surface area contributed by atoms with Crippen molar-refractivity contribution in [1.29, 1.82) is 0 Å². The van der Waals surface area contributed by atoms with Gasteiger partial charge in [0.15, 0.2) is 0 Å². The van der Waals surface area contributed by atoms with Gasteiger partial charge in [-0.2, -0.15) is 0 Å². The fourth-order valence-corrected chi connectivity index (χ4v) is 5.08. The second kappa shape index (κ2) is 5.43. The molecule has 4 fully saturated rings. The summed E-state index contributed by atoms with van der Waals surface area (Å²) >= 11 is 0. The van der Waals surface area contributed by atoms with Gasteiger partial charge in [0.25, 0.3) is 0 Å². The average Bonchev–Trinajstić information content (AvgIpc) is 2.33. The van der Waals surface area contributed by atoms with E-state index < -0.39 is 0 Å². The molecule has 1 amide bonds. The van der Waals surface area contributed by atoms with Gasteiger partial charge in [-0.15, -0.1) is 0 Å². The predicted octanol–water partition coefficient (Wildman–Crippen LogP) is 2.13. The zero-order chi connectivity index (χ0) is 13.4. The van der Waals surface area contributed by atoms with E-state index in [-0.39, 0.29) is 0 Å². The van der Waals surface area contributed by atoms with Crippen molar-refractivity contribution in [3.05, 3.63) is 0 Å². The van der Waals surface area contributed by atoms with Gasteiger partial charge >= 0.3 is 0 Å². The van der Waals surface area contributed by atoms with Gasteiger partial charge in [-0.1, -0.05) is 0 Å². The van der Waals surface area contributed by atoms with E-state index >= 15 is 0 Å². The highest BCUT2D eigenvalue weighted by atomic mass is 16.1. The average molecular weight is 264 g/mol. The first-order valence-electron chi connectivity index (χ1n) is 8.06. The molecule has 4 saturated carbocycles. The molecule has 0 aromatic heterocycles. The van der Waals surface area contributed by atoms with Crippen LogP contribution in [-0.4, -0.2) is 38.0 Å². The number of nitrogens with one attached hydrogen (secondary N) is 1. The zero-order valence-corrected chi connectivity index (χ0v) is 12.4. The summed E-state index contributed by atoms with van der Waals surface area (Å²) in [6.45, 7) is 1.90. The molecule has 4 rings (SSSR count). The lowest BCUT2D eigenvalue weighted by Gasteiger charge is -2.53. The minimum Gasteiger partial charge on any atom is -0.356 e. The maximum atomic E-state index is 12.5. The van der Waals surface area contributed by atoms with Crippen LogP contribution in [0.25, 0.3) is 0 Å². The van der Waals surface area contributed by atoms with Crippen molar-refractivity contribution in [2.24, 2.45) is 29.6 Å². The second-order valence-corrected chi connectivity index (χ2v) is 7.40. The Balaban J connectivity index is 1.50. The SMILES string of the molecule is CN(C)CCCNC(=O)C1C2CC3CC(C2)CC1C3. The van der Waals surface area contributed by atoms with Crippen LogP contribution in [0, 0.1) is 29.6 Å². The summed E-state index contributed by atoms with van der Waals surface area (Å²) in [5, 5.41) is 3.20. The molecule has 0 aromatic rings. The summed E-state index contributed by atoms with van der Waals surface area (Å²) in [5.41, 5.74) is 0. The lowest BCUT2D eigenvalue weighted by atomic mass is 9.51. The Morgan fingerprint density at radius 1 is 1.05 bits per heavy atom. The van der Waals surface area contributed by atoms with Crippen LogP contribution in [0.3, 0.4) is 0 Å². The summed E-state index contributed by atoms with van der Waals surface area (Å²) in [5.74, 6) is 4.07. The number of hydrogen-bond donors (Lipinski definition) is 1. The van der Waals surface area contributed by atoms with E-state index in [1.165, 1.54) is 32.1 Å². The largest absolute Gasteiger partial charge is 0.356 e. The van der Waals surface area contributed by atoms with Crippen LogP contribution in [0.15, 0.2) is 0 Å². The quantitative estimate of drug-likeness (QED) is 0.772. The molecule has 108 valence electrons. The smallest absolute Gasteiger partial charge is 0.223 e. The molecule has 1 N–H and O–H groups in total. The van der Waals surface area contributed by atoms with Crippen molar-refractivity contribution in [2.45, 2.75) is 38.5 Å². The number of rotatable bonds is 5. The van der Waals surface area contributed by atoms with E-state index in [4.69, 9.17) is 0 Å². The number of carbonyl (C=O) groups excluding carboxylic acids is 1. The molecule has 0 unspecified atom stereocenters. The molecule has 4 aliphatic carbocycles. The van der Waals surface area contributed by atoms with Crippen LogP contribution in [0.2, 0.25) is 0 Å². The maximum absolute atomic E-state index is 12.5. The Kier molecular flexibility index (Phi) is 3.84. The fraction of sp³-hybridized carbons (Fsp3) is 0.938. The van der Waals surface area contributed by atoms with E-state index in [0.29, 0.717) is 23.7 Å². The second-order valence-electron chi connectivity index (χ2n) is 7.40. The molecule has 0 aromatic carbocycles. The van der Waals surface area contributed by atoms with Crippen molar-refractivity contribution >= 4 is 5.91 Å². The van der Waals surface area contributed by atoms with Gasteiger partial charge in [-0.05, 0) is 82.8 Å². The lowest BCUT2D eigenvalue weighted by Crippen LogP contribution is -2.51. The molecule has 0 atom stereocenters. The summed E-state index contributed by atoms with van der Waals surface area (Å²) in [6, 6.07) is 0. The van der Waals surface area contributed by atoms with Crippen LogP contribution in [0.5, 0.6) is 0 Å². The number of hydrogen-bond acceptors (Lipinski definition) is 2. The summed E-state index contributed by atoms with van der Waals surface area (Å²) in [6.07, 6.45) is 7.87. The Hall–Kier alpha value is -0.570. The van der Waals surface area contributed by atoms with Gasteiger partial charge in [-0.3, -0.25) is 4.79 Å². The monoisotopic (exact) mass is 264 g/mol. The molecule has 0 spiro atoms. The fourth-order valence-electron chi connectivity index (χ4n) is 5.08. The van der Waals surface area contributed by atoms with Crippen LogP contribution in [0.1, 0.15) is 38.5 Å². The molecule has 0 saturated heterocycles. The highest BCUT2D eigenvalue weighted by Crippen LogP contribution is 2.56. The van der Waals surface area contributed by atoms with E-state index in [2.05, 4.69) is 24.3 Å². The third-order valence-electron chi connectivity index (χ3n) is 5.61. The van der Waals surface area contributed by atoms with Crippen LogP contribution >= 0.6 is 0 Å².